The maximum absolute atomic E-state index is 11.5. The van der Waals surface area contributed by atoms with Gasteiger partial charge < -0.3 is 5.32 Å². The van der Waals surface area contributed by atoms with Crippen LogP contribution in [-0.2, 0) is 16.4 Å². The summed E-state index contributed by atoms with van der Waals surface area (Å²) in [6, 6.07) is 7.34. The second-order valence-corrected chi connectivity index (χ2v) is 8.64. The molecular weight excluding hydrogens is 355 g/mol. The molecule has 2 aliphatic heterocycles. The van der Waals surface area contributed by atoms with E-state index in [1.54, 1.807) is 12.1 Å². The Labute approximate surface area is 151 Å². The van der Waals surface area contributed by atoms with E-state index in [0.717, 1.165) is 26.2 Å². The van der Waals surface area contributed by atoms with Crippen LogP contribution in [0.3, 0.4) is 0 Å². The van der Waals surface area contributed by atoms with Crippen LogP contribution in [0, 0.1) is 5.41 Å². The van der Waals surface area contributed by atoms with Crippen molar-refractivity contribution in [2.75, 3.05) is 32.4 Å². The summed E-state index contributed by atoms with van der Waals surface area (Å²) in [5, 5.41) is 3.45. The Morgan fingerprint density at radius 1 is 1.09 bits per heavy atom. The summed E-state index contributed by atoms with van der Waals surface area (Å²) < 4.78 is 22.9. The molecule has 0 saturated carbocycles. The van der Waals surface area contributed by atoms with Crippen LogP contribution in [-0.4, -0.2) is 45.8 Å². The van der Waals surface area contributed by atoms with E-state index in [4.69, 9.17) is 0 Å². The minimum Gasteiger partial charge on any atom is -0.317 e. The van der Waals surface area contributed by atoms with Crippen LogP contribution in [0.2, 0.25) is 0 Å². The second kappa shape index (κ2) is 8.17. The fourth-order valence-corrected chi connectivity index (χ4v) is 4.26. The Morgan fingerprint density at radius 2 is 1.70 bits per heavy atom. The molecule has 7 heteroatoms. The Morgan fingerprint density at radius 3 is 2.26 bits per heavy atom. The lowest BCUT2D eigenvalue weighted by Crippen LogP contribution is -2.38. The molecular formula is C16H26Cl2N2O2S. The van der Waals surface area contributed by atoms with Crippen molar-refractivity contribution in [3.8, 4) is 0 Å². The predicted octanol–water partition coefficient (Wildman–Crippen LogP) is 2.51. The zero-order valence-corrected chi connectivity index (χ0v) is 15.9. The number of piperidine rings is 1. The Balaban J connectivity index is 0.00000132. The van der Waals surface area contributed by atoms with Gasteiger partial charge in [0.25, 0.3) is 0 Å². The summed E-state index contributed by atoms with van der Waals surface area (Å²) in [6.07, 6.45) is 5.13. The first-order valence-corrected chi connectivity index (χ1v) is 9.58. The average molecular weight is 381 g/mol. The highest BCUT2D eigenvalue weighted by Crippen LogP contribution is 2.38. The van der Waals surface area contributed by atoms with E-state index in [9.17, 15) is 8.42 Å². The van der Waals surface area contributed by atoms with Crippen molar-refractivity contribution in [2.24, 2.45) is 5.41 Å². The standard InChI is InChI=1S/C16H24N2O2S.2ClH/c1-21(19,20)15-4-2-14(3-5-15)12-18-11-8-16(13-18)6-9-17-10-7-16;;/h2-5,17H,6-13H2,1H3;2*1H. The summed E-state index contributed by atoms with van der Waals surface area (Å²) in [7, 11) is -3.09. The summed E-state index contributed by atoms with van der Waals surface area (Å²) in [5.74, 6) is 0. The first-order chi connectivity index (χ1) is 9.97. The normalized spacial score (nSPS) is 20.7. The summed E-state index contributed by atoms with van der Waals surface area (Å²) in [5.41, 5.74) is 1.73. The van der Waals surface area contributed by atoms with Crippen molar-refractivity contribution in [3.05, 3.63) is 29.8 Å². The molecule has 2 heterocycles. The van der Waals surface area contributed by atoms with E-state index in [2.05, 4.69) is 10.2 Å². The Kier molecular flexibility index (Phi) is 7.36. The van der Waals surface area contributed by atoms with Gasteiger partial charge in [0.05, 0.1) is 4.90 Å². The topological polar surface area (TPSA) is 49.4 Å². The molecule has 2 aliphatic rings. The van der Waals surface area contributed by atoms with Gasteiger partial charge in [-0.25, -0.2) is 8.42 Å². The van der Waals surface area contributed by atoms with Gasteiger partial charge in [-0.05, 0) is 62.0 Å². The highest BCUT2D eigenvalue weighted by atomic mass is 35.5. The molecule has 0 unspecified atom stereocenters. The molecule has 1 N–H and O–H groups in total. The molecule has 0 amide bonds. The Bertz CT molecular complexity index is 599. The van der Waals surface area contributed by atoms with Crippen LogP contribution in [0.15, 0.2) is 29.2 Å². The summed E-state index contributed by atoms with van der Waals surface area (Å²) in [4.78, 5) is 2.92. The number of benzene rings is 1. The first kappa shape index (κ1) is 20.7. The molecule has 0 aromatic heterocycles. The van der Waals surface area contributed by atoms with E-state index in [1.165, 1.54) is 37.6 Å². The molecule has 1 spiro atoms. The number of rotatable bonds is 3. The van der Waals surface area contributed by atoms with Gasteiger partial charge in [-0.15, -0.1) is 24.8 Å². The summed E-state index contributed by atoms with van der Waals surface area (Å²) in [6.45, 7) is 5.57. The van der Waals surface area contributed by atoms with Crippen LogP contribution in [0.1, 0.15) is 24.8 Å². The number of sulfone groups is 1. The smallest absolute Gasteiger partial charge is 0.175 e. The molecule has 23 heavy (non-hydrogen) atoms. The monoisotopic (exact) mass is 380 g/mol. The zero-order chi connectivity index (χ0) is 14.9. The fourth-order valence-electron chi connectivity index (χ4n) is 3.63. The summed E-state index contributed by atoms with van der Waals surface area (Å²) >= 11 is 0. The second-order valence-electron chi connectivity index (χ2n) is 6.63. The van der Waals surface area contributed by atoms with Crippen molar-refractivity contribution >= 4 is 34.7 Å². The van der Waals surface area contributed by atoms with Crippen LogP contribution in [0.4, 0.5) is 0 Å². The van der Waals surface area contributed by atoms with E-state index < -0.39 is 9.84 Å². The van der Waals surface area contributed by atoms with Crippen LogP contribution < -0.4 is 5.32 Å². The van der Waals surface area contributed by atoms with Crippen LogP contribution >= 0.6 is 24.8 Å². The van der Waals surface area contributed by atoms with Crippen molar-refractivity contribution in [1.82, 2.24) is 10.2 Å². The molecule has 0 bridgehead atoms. The van der Waals surface area contributed by atoms with Gasteiger partial charge in [0.1, 0.15) is 0 Å². The van der Waals surface area contributed by atoms with E-state index in [1.807, 2.05) is 12.1 Å². The van der Waals surface area contributed by atoms with E-state index >= 15 is 0 Å². The van der Waals surface area contributed by atoms with Gasteiger partial charge in [-0.2, -0.15) is 0 Å². The minimum absolute atomic E-state index is 0. The third-order valence-corrected chi connectivity index (χ3v) is 6.07. The lowest BCUT2D eigenvalue weighted by molar-refractivity contribution is 0.194. The van der Waals surface area contributed by atoms with Crippen LogP contribution in [0.25, 0.3) is 0 Å². The zero-order valence-electron chi connectivity index (χ0n) is 13.5. The lowest BCUT2D eigenvalue weighted by atomic mass is 9.78. The van der Waals surface area contributed by atoms with Gasteiger partial charge in [0.15, 0.2) is 9.84 Å². The third kappa shape index (κ3) is 5.07. The minimum atomic E-state index is -3.09. The van der Waals surface area contributed by atoms with E-state index in [0.29, 0.717) is 10.3 Å². The first-order valence-electron chi connectivity index (χ1n) is 7.69. The van der Waals surface area contributed by atoms with E-state index in [-0.39, 0.29) is 24.8 Å². The molecule has 1 aromatic carbocycles. The molecule has 132 valence electrons. The largest absolute Gasteiger partial charge is 0.317 e. The van der Waals surface area contributed by atoms with Crippen molar-refractivity contribution in [2.45, 2.75) is 30.7 Å². The number of likely N-dealkylation sites (tertiary alicyclic amines) is 1. The predicted molar refractivity (Wildman–Crippen MR) is 98.5 cm³/mol. The molecule has 0 aliphatic carbocycles. The van der Waals surface area contributed by atoms with Gasteiger partial charge in [0, 0.05) is 19.3 Å². The maximum atomic E-state index is 11.5. The molecule has 2 saturated heterocycles. The molecule has 3 rings (SSSR count). The lowest BCUT2D eigenvalue weighted by Gasteiger charge is -2.33. The molecule has 1 aromatic rings. The van der Waals surface area contributed by atoms with Gasteiger partial charge >= 0.3 is 0 Å². The van der Waals surface area contributed by atoms with Gasteiger partial charge in [0.2, 0.25) is 0 Å². The van der Waals surface area contributed by atoms with Crippen molar-refractivity contribution in [1.29, 1.82) is 0 Å². The number of hydrogen-bond donors (Lipinski definition) is 1. The number of hydrogen-bond acceptors (Lipinski definition) is 4. The third-order valence-electron chi connectivity index (χ3n) is 4.94. The average Bonchev–Trinajstić information content (AvgIpc) is 2.82. The highest BCUT2D eigenvalue weighted by molar-refractivity contribution is 7.90. The van der Waals surface area contributed by atoms with Crippen molar-refractivity contribution in [3.63, 3.8) is 0 Å². The SMILES string of the molecule is CS(=O)(=O)c1ccc(CN2CCC3(CCNCC3)C2)cc1.Cl.Cl. The number of halogens is 2. The quantitative estimate of drug-likeness (QED) is 0.874. The van der Waals surface area contributed by atoms with Gasteiger partial charge in [-0.3, -0.25) is 4.90 Å². The molecule has 4 nitrogen and oxygen atoms in total. The molecule has 0 radical (unpaired) electrons. The van der Waals surface area contributed by atoms with Crippen molar-refractivity contribution < 1.29 is 8.42 Å². The highest BCUT2D eigenvalue weighted by Gasteiger charge is 2.38. The molecule has 2 fully saturated rings. The van der Waals surface area contributed by atoms with Crippen LogP contribution in [0.5, 0.6) is 0 Å². The Hall–Kier alpha value is -0.330. The number of nitrogens with one attached hydrogen (secondary N) is 1. The number of nitrogens with zero attached hydrogens (tertiary/aromatic N) is 1. The molecule has 0 atom stereocenters. The fraction of sp³-hybridized carbons (Fsp3) is 0.625. The maximum Gasteiger partial charge on any atom is 0.175 e. The van der Waals surface area contributed by atoms with Gasteiger partial charge in [-0.1, -0.05) is 12.1 Å².